The smallest absolute Gasteiger partial charge is 0.252 e. The maximum absolute atomic E-state index is 15.2. The number of hydrogen-bond donors (Lipinski definition) is 0. The van der Waals surface area contributed by atoms with Crippen LogP contribution in [0.2, 0.25) is 0 Å². The summed E-state index contributed by atoms with van der Waals surface area (Å²) >= 11 is 0. The minimum atomic E-state index is -0.665. The van der Waals surface area contributed by atoms with E-state index in [0.29, 0.717) is 24.2 Å². The Morgan fingerprint density at radius 3 is 2.35 bits per heavy atom. The molecule has 0 atom stereocenters. The molecule has 0 aliphatic heterocycles. The zero-order valence-electron chi connectivity index (χ0n) is 15.2. The first-order valence-electron chi connectivity index (χ1n) is 8.65. The molecule has 26 heavy (non-hydrogen) atoms. The van der Waals surface area contributed by atoms with Crippen LogP contribution < -0.4 is 0 Å². The molecule has 0 radical (unpaired) electrons. The minimum Gasteiger partial charge on any atom is -0.272 e. The molecule has 0 unspecified atom stereocenters. The fourth-order valence-corrected chi connectivity index (χ4v) is 2.71. The molecule has 0 N–H and O–H groups in total. The summed E-state index contributed by atoms with van der Waals surface area (Å²) in [4.78, 5) is 17.0. The molecule has 0 amide bonds. The van der Waals surface area contributed by atoms with Crippen molar-refractivity contribution in [3.63, 3.8) is 0 Å². The van der Waals surface area contributed by atoms with Crippen LogP contribution in [0.5, 0.6) is 0 Å². The van der Waals surface area contributed by atoms with E-state index >= 15 is 4.39 Å². The summed E-state index contributed by atoms with van der Waals surface area (Å²) < 4.78 is 16.4. The molecule has 134 valence electrons. The van der Waals surface area contributed by atoms with Gasteiger partial charge in [-0.1, -0.05) is 57.2 Å². The lowest BCUT2D eigenvalue weighted by Gasteiger charge is -2.17. The number of carbonyl (C=O) groups excluding carboxylic acids is 1. The molecular weight excluding hydrogens is 329 g/mol. The van der Waals surface area contributed by atoms with Crippen molar-refractivity contribution in [1.29, 1.82) is 0 Å². The van der Waals surface area contributed by atoms with Gasteiger partial charge < -0.3 is 0 Å². The van der Waals surface area contributed by atoms with E-state index in [2.05, 4.69) is 10.1 Å². The molecule has 2 heterocycles. The standard InChI is InChI=1S/C21H22FN3O/c1-21(2,3)20(26)25-17(13-12-15-9-5-4-6-10-15)18(22)19(24-25)16-11-7-8-14-23-16/h4-11,14H,12-13H2,1-3H3. The molecule has 0 aliphatic rings. The monoisotopic (exact) mass is 351 g/mol. The number of benzene rings is 1. The van der Waals surface area contributed by atoms with Gasteiger partial charge in [-0.3, -0.25) is 9.78 Å². The molecule has 0 spiro atoms. The van der Waals surface area contributed by atoms with Crippen molar-refractivity contribution in [3.05, 3.63) is 71.8 Å². The van der Waals surface area contributed by atoms with Crippen LogP contribution >= 0.6 is 0 Å². The van der Waals surface area contributed by atoms with Gasteiger partial charge in [-0.25, -0.2) is 9.07 Å². The molecule has 0 fully saturated rings. The molecule has 0 aliphatic carbocycles. The zero-order chi connectivity index (χ0) is 18.7. The minimum absolute atomic E-state index is 0.117. The van der Waals surface area contributed by atoms with Crippen LogP contribution in [-0.2, 0) is 12.8 Å². The van der Waals surface area contributed by atoms with Gasteiger partial charge in [0.25, 0.3) is 5.91 Å². The number of carbonyl (C=O) groups is 1. The zero-order valence-corrected chi connectivity index (χ0v) is 15.2. The summed E-state index contributed by atoms with van der Waals surface area (Å²) in [5.41, 5.74) is 1.26. The Morgan fingerprint density at radius 1 is 1.04 bits per heavy atom. The van der Waals surface area contributed by atoms with E-state index in [0.717, 1.165) is 5.56 Å². The van der Waals surface area contributed by atoms with Crippen LogP contribution in [0.15, 0.2) is 54.7 Å². The number of nitrogens with zero attached hydrogens (tertiary/aromatic N) is 3. The van der Waals surface area contributed by atoms with Crippen LogP contribution in [0.4, 0.5) is 4.39 Å². The Kier molecular flexibility index (Phi) is 4.98. The summed E-state index contributed by atoms with van der Waals surface area (Å²) in [6.07, 6.45) is 2.60. The van der Waals surface area contributed by atoms with Crippen molar-refractivity contribution in [2.45, 2.75) is 33.6 Å². The van der Waals surface area contributed by atoms with Gasteiger partial charge in [0.1, 0.15) is 5.69 Å². The molecule has 0 saturated carbocycles. The number of rotatable bonds is 4. The van der Waals surface area contributed by atoms with E-state index in [4.69, 9.17) is 0 Å². The highest BCUT2D eigenvalue weighted by Crippen LogP contribution is 2.26. The third kappa shape index (κ3) is 3.72. The van der Waals surface area contributed by atoms with Gasteiger partial charge in [-0.2, -0.15) is 5.10 Å². The van der Waals surface area contributed by atoms with E-state index in [1.54, 1.807) is 45.2 Å². The van der Waals surface area contributed by atoms with Crippen molar-refractivity contribution in [3.8, 4) is 11.4 Å². The summed E-state index contributed by atoms with van der Waals surface area (Å²) in [5.74, 6) is -0.709. The highest BCUT2D eigenvalue weighted by molar-refractivity contribution is 5.84. The van der Waals surface area contributed by atoms with Gasteiger partial charge in [0.15, 0.2) is 5.82 Å². The van der Waals surface area contributed by atoms with Crippen LogP contribution in [0.25, 0.3) is 11.4 Å². The Balaban J connectivity index is 2.02. The molecule has 0 bridgehead atoms. The van der Waals surface area contributed by atoms with E-state index in [9.17, 15) is 4.79 Å². The van der Waals surface area contributed by atoms with Crippen molar-refractivity contribution < 1.29 is 9.18 Å². The maximum atomic E-state index is 15.2. The second kappa shape index (κ2) is 7.20. The van der Waals surface area contributed by atoms with Gasteiger partial charge in [0.05, 0.1) is 11.4 Å². The highest BCUT2D eigenvalue weighted by Gasteiger charge is 2.30. The summed E-state index contributed by atoms with van der Waals surface area (Å²) in [6, 6.07) is 15.0. The molecular formula is C21H22FN3O. The molecule has 4 nitrogen and oxygen atoms in total. The van der Waals surface area contributed by atoms with Crippen molar-refractivity contribution in [2.24, 2.45) is 5.41 Å². The van der Waals surface area contributed by atoms with Gasteiger partial charge in [0, 0.05) is 11.6 Å². The second-order valence-corrected chi connectivity index (χ2v) is 7.28. The predicted molar refractivity (Wildman–Crippen MR) is 99.3 cm³/mol. The summed E-state index contributed by atoms with van der Waals surface area (Å²) in [5, 5.41) is 4.29. The van der Waals surface area contributed by atoms with E-state index in [1.807, 2.05) is 30.3 Å². The van der Waals surface area contributed by atoms with E-state index in [1.165, 1.54) is 4.68 Å². The highest BCUT2D eigenvalue weighted by atomic mass is 19.1. The van der Waals surface area contributed by atoms with Gasteiger partial charge in [0.2, 0.25) is 0 Å². The number of pyridine rings is 1. The molecule has 1 aromatic carbocycles. The lowest BCUT2D eigenvalue weighted by atomic mass is 9.95. The van der Waals surface area contributed by atoms with Gasteiger partial charge in [-0.15, -0.1) is 0 Å². The van der Waals surface area contributed by atoms with Crippen LogP contribution in [0, 0.1) is 11.2 Å². The van der Waals surface area contributed by atoms with Crippen molar-refractivity contribution in [2.75, 3.05) is 0 Å². The maximum Gasteiger partial charge on any atom is 0.252 e. The van der Waals surface area contributed by atoms with Crippen LogP contribution in [0.1, 0.15) is 36.8 Å². The third-order valence-corrected chi connectivity index (χ3v) is 4.15. The number of hydrogen-bond acceptors (Lipinski definition) is 3. The first kappa shape index (κ1) is 18.0. The fourth-order valence-electron chi connectivity index (χ4n) is 2.71. The van der Waals surface area contributed by atoms with Gasteiger partial charge >= 0.3 is 0 Å². The average molecular weight is 351 g/mol. The third-order valence-electron chi connectivity index (χ3n) is 4.15. The summed E-state index contributed by atoms with van der Waals surface area (Å²) in [6.45, 7) is 5.41. The molecule has 3 aromatic rings. The SMILES string of the molecule is CC(C)(C)C(=O)n1nc(-c2ccccn2)c(F)c1CCc1ccccc1. The topological polar surface area (TPSA) is 47.8 Å². The number of halogens is 1. The van der Waals surface area contributed by atoms with Crippen LogP contribution in [0.3, 0.4) is 0 Å². The van der Waals surface area contributed by atoms with Crippen LogP contribution in [-0.4, -0.2) is 20.7 Å². The average Bonchev–Trinajstić information content (AvgIpc) is 2.96. The molecule has 2 aromatic heterocycles. The summed E-state index contributed by atoms with van der Waals surface area (Å²) in [7, 11) is 0. The normalized spacial score (nSPS) is 11.5. The van der Waals surface area contributed by atoms with Crippen molar-refractivity contribution >= 4 is 5.91 Å². The Labute approximate surface area is 152 Å². The second-order valence-electron chi connectivity index (χ2n) is 7.28. The lowest BCUT2D eigenvalue weighted by molar-refractivity contribution is 0.0744. The quantitative estimate of drug-likeness (QED) is 0.692. The van der Waals surface area contributed by atoms with Gasteiger partial charge in [-0.05, 0) is 30.5 Å². The number of aromatic nitrogens is 3. The van der Waals surface area contributed by atoms with E-state index < -0.39 is 11.2 Å². The fraction of sp³-hybridized carbons (Fsp3) is 0.286. The Bertz CT molecular complexity index is 896. The molecule has 0 saturated heterocycles. The van der Waals surface area contributed by atoms with Crippen molar-refractivity contribution in [1.82, 2.24) is 14.8 Å². The Hall–Kier alpha value is -2.82. The largest absolute Gasteiger partial charge is 0.272 e. The molecule has 3 rings (SSSR count). The Morgan fingerprint density at radius 2 is 1.73 bits per heavy atom. The number of aryl methyl sites for hydroxylation is 1. The molecule has 5 heteroatoms. The lowest BCUT2D eigenvalue weighted by Crippen LogP contribution is -2.29. The predicted octanol–water partition coefficient (Wildman–Crippen LogP) is 4.56. The first-order valence-corrected chi connectivity index (χ1v) is 8.65. The first-order chi connectivity index (χ1) is 12.4. The van der Waals surface area contributed by atoms with E-state index in [-0.39, 0.29) is 11.6 Å².